The maximum absolute atomic E-state index is 11.2. The van der Waals surface area contributed by atoms with Crippen LogP contribution in [-0.4, -0.2) is 29.7 Å². The number of aromatic nitrogens is 1. The molecule has 0 aliphatic rings. The van der Waals surface area contributed by atoms with E-state index in [9.17, 15) is 4.79 Å². The minimum Gasteiger partial charge on any atom is -0.480 e. The third-order valence-corrected chi connectivity index (χ3v) is 5.25. The van der Waals surface area contributed by atoms with Gasteiger partial charge >= 0.3 is 5.97 Å². The molecule has 30 heavy (non-hydrogen) atoms. The van der Waals surface area contributed by atoms with E-state index in [0.717, 1.165) is 34.9 Å². The zero-order chi connectivity index (χ0) is 20.9. The topological polar surface area (TPSA) is 53.4 Å². The van der Waals surface area contributed by atoms with Crippen molar-refractivity contribution in [2.75, 3.05) is 18.5 Å². The van der Waals surface area contributed by atoms with Crippen molar-refractivity contribution in [3.63, 3.8) is 0 Å². The zero-order valence-electron chi connectivity index (χ0n) is 17.0. The van der Waals surface area contributed by atoms with E-state index in [1.165, 1.54) is 11.1 Å². The van der Waals surface area contributed by atoms with Crippen LogP contribution in [0.2, 0.25) is 0 Å². The summed E-state index contributed by atoms with van der Waals surface area (Å²) in [6, 6.07) is 29.0. The number of hydrogen-bond donors (Lipinski definition) is 1. The van der Waals surface area contributed by atoms with Gasteiger partial charge in [0.15, 0.2) is 0 Å². The first kappa shape index (κ1) is 19.6. The lowest BCUT2D eigenvalue weighted by Crippen LogP contribution is -2.26. The summed E-state index contributed by atoms with van der Waals surface area (Å²) in [7, 11) is 1.76. The molecule has 0 saturated heterocycles. The van der Waals surface area contributed by atoms with Gasteiger partial charge in [0.1, 0.15) is 12.4 Å². The minimum atomic E-state index is -0.878. The molecule has 0 spiro atoms. The smallest absolute Gasteiger partial charge is 0.323 e. The number of carboxylic acids is 1. The van der Waals surface area contributed by atoms with Gasteiger partial charge in [-0.3, -0.25) is 4.79 Å². The monoisotopic (exact) mass is 396 g/mol. The molecule has 1 heterocycles. The van der Waals surface area contributed by atoms with Gasteiger partial charge in [-0.05, 0) is 53.3 Å². The second-order valence-electron chi connectivity index (χ2n) is 7.48. The molecule has 0 fully saturated rings. The first-order valence-electron chi connectivity index (χ1n) is 10.1. The predicted octanol–water partition coefficient (Wildman–Crippen LogP) is 5.21. The molecule has 1 N–H and O–H groups in total. The molecule has 1 aromatic heterocycles. The zero-order valence-corrected chi connectivity index (χ0v) is 17.0. The van der Waals surface area contributed by atoms with Crippen LogP contribution in [0.4, 0.5) is 5.82 Å². The molecule has 150 valence electrons. The highest BCUT2D eigenvalue weighted by Crippen LogP contribution is 2.32. The van der Waals surface area contributed by atoms with Crippen LogP contribution in [0.1, 0.15) is 11.1 Å². The van der Waals surface area contributed by atoms with Crippen LogP contribution in [0, 0.1) is 0 Å². The molecular weight excluding hydrogens is 372 g/mol. The molecular formula is C26H24N2O2. The third kappa shape index (κ3) is 4.49. The van der Waals surface area contributed by atoms with E-state index >= 15 is 0 Å². The van der Waals surface area contributed by atoms with Crippen LogP contribution in [0.3, 0.4) is 0 Å². The summed E-state index contributed by atoms with van der Waals surface area (Å²) in [5.74, 6) is -0.224. The van der Waals surface area contributed by atoms with Crippen molar-refractivity contribution in [1.29, 1.82) is 0 Å². The number of likely N-dealkylation sites (N-methyl/N-ethyl adjacent to an activating group) is 1. The Morgan fingerprint density at radius 2 is 1.53 bits per heavy atom. The van der Waals surface area contributed by atoms with E-state index < -0.39 is 5.97 Å². The van der Waals surface area contributed by atoms with Gasteiger partial charge in [0.05, 0.1) is 5.52 Å². The van der Waals surface area contributed by atoms with Gasteiger partial charge in [-0.15, -0.1) is 0 Å². The molecule has 0 saturated carbocycles. The number of hydrogen-bond acceptors (Lipinski definition) is 3. The molecule has 4 heteroatoms. The Kier molecular flexibility index (Phi) is 5.75. The van der Waals surface area contributed by atoms with E-state index in [2.05, 4.69) is 48.5 Å². The summed E-state index contributed by atoms with van der Waals surface area (Å²) in [5, 5.41) is 10.2. The number of fused-ring (bicyclic) bond motifs is 1. The van der Waals surface area contributed by atoms with Gasteiger partial charge in [0.25, 0.3) is 0 Å². The second kappa shape index (κ2) is 8.78. The normalized spacial score (nSPS) is 10.8. The molecule has 4 rings (SSSR count). The van der Waals surface area contributed by atoms with Gasteiger partial charge in [-0.25, -0.2) is 4.98 Å². The Morgan fingerprint density at radius 1 is 0.867 bits per heavy atom. The van der Waals surface area contributed by atoms with Crippen molar-refractivity contribution in [1.82, 2.24) is 4.98 Å². The van der Waals surface area contributed by atoms with Crippen molar-refractivity contribution in [3.8, 4) is 11.1 Å². The fourth-order valence-electron chi connectivity index (χ4n) is 3.68. The van der Waals surface area contributed by atoms with Gasteiger partial charge in [-0.1, -0.05) is 66.7 Å². The predicted molar refractivity (Wildman–Crippen MR) is 122 cm³/mol. The van der Waals surface area contributed by atoms with Crippen molar-refractivity contribution < 1.29 is 9.90 Å². The maximum atomic E-state index is 11.2. The first-order chi connectivity index (χ1) is 14.6. The fraction of sp³-hybridized carbons (Fsp3) is 0.154. The van der Waals surface area contributed by atoms with Gasteiger partial charge in [-0.2, -0.15) is 0 Å². The van der Waals surface area contributed by atoms with Crippen molar-refractivity contribution in [3.05, 3.63) is 96.1 Å². The summed E-state index contributed by atoms with van der Waals surface area (Å²) in [4.78, 5) is 17.6. The summed E-state index contributed by atoms with van der Waals surface area (Å²) in [6.45, 7) is -0.0953. The number of rotatable bonds is 7. The molecule has 0 atom stereocenters. The lowest BCUT2D eigenvalue weighted by atomic mass is 9.97. The van der Waals surface area contributed by atoms with Crippen LogP contribution in [0.25, 0.3) is 22.0 Å². The number of aliphatic carboxylic acids is 1. The lowest BCUT2D eigenvalue weighted by Gasteiger charge is -2.18. The Morgan fingerprint density at radius 3 is 2.23 bits per heavy atom. The average Bonchev–Trinajstić information content (AvgIpc) is 2.77. The summed E-state index contributed by atoms with van der Waals surface area (Å²) in [5.41, 5.74) is 5.61. The summed E-state index contributed by atoms with van der Waals surface area (Å²) >= 11 is 0. The molecule has 0 amide bonds. The number of carboxylic acid groups (broad SMARTS) is 1. The van der Waals surface area contributed by atoms with Crippen molar-refractivity contribution >= 4 is 22.7 Å². The van der Waals surface area contributed by atoms with Gasteiger partial charge < -0.3 is 10.0 Å². The number of nitrogens with zero attached hydrogens (tertiary/aromatic N) is 2. The molecule has 0 aliphatic carbocycles. The van der Waals surface area contributed by atoms with Gasteiger partial charge in [0, 0.05) is 12.4 Å². The summed E-state index contributed by atoms with van der Waals surface area (Å²) in [6.07, 6.45) is 1.94. The standard InChI is InChI=1S/C26H24N2O2/c1-28(18-26(29)30)25-17-22(21-10-6-3-7-11-21)23-16-20(14-15-24(23)27-25)13-12-19-8-4-2-5-9-19/h2-11,14-17H,12-13,18H2,1H3,(H,29,30). The number of anilines is 1. The maximum Gasteiger partial charge on any atom is 0.323 e. The molecule has 0 radical (unpaired) electrons. The second-order valence-corrected chi connectivity index (χ2v) is 7.48. The first-order valence-corrected chi connectivity index (χ1v) is 10.1. The molecule has 0 unspecified atom stereocenters. The Bertz CT molecular complexity index is 1160. The van der Waals surface area contributed by atoms with Crippen LogP contribution < -0.4 is 4.90 Å². The van der Waals surface area contributed by atoms with Crippen LogP contribution >= 0.6 is 0 Å². The van der Waals surface area contributed by atoms with Crippen molar-refractivity contribution in [2.45, 2.75) is 12.8 Å². The van der Waals surface area contributed by atoms with E-state index in [4.69, 9.17) is 10.1 Å². The highest BCUT2D eigenvalue weighted by atomic mass is 16.4. The Labute approximate surface area is 176 Å². The molecule has 0 bridgehead atoms. The quantitative estimate of drug-likeness (QED) is 0.466. The largest absolute Gasteiger partial charge is 0.480 e. The molecule has 4 nitrogen and oxygen atoms in total. The number of benzene rings is 3. The highest BCUT2D eigenvalue weighted by Gasteiger charge is 2.13. The van der Waals surface area contributed by atoms with E-state index in [1.807, 2.05) is 36.4 Å². The number of carbonyl (C=O) groups is 1. The van der Waals surface area contributed by atoms with E-state index in [1.54, 1.807) is 11.9 Å². The van der Waals surface area contributed by atoms with E-state index in [-0.39, 0.29) is 6.54 Å². The Hall–Kier alpha value is -3.66. The van der Waals surface area contributed by atoms with Crippen LogP contribution in [0.5, 0.6) is 0 Å². The fourth-order valence-corrected chi connectivity index (χ4v) is 3.68. The SMILES string of the molecule is CN(CC(=O)O)c1cc(-c2ccccc2)c2cc(CCc3ccccc3)ccc2n1. The number of pyridine rings is 1. The van der Waals surface area contributed by atoms with Crippen LogP contribution in [0.15, 0.2) is 84.9 Å². The minimum absolute atomic E-state index is 0.0953. The van der Waals surface area contributed by atoms with Crippen LogP contribution in [-0.2, 0) is 17.6 Å². The molecule has 3 aromatic carbocycles. The average molecular weight is 396 g/mol. The molecule has 0 aliphatic heterocycles. The third-order valence-electron chi connectivity index (χ3n) is 5.25. The van der Waals surface area contributed by atoms with Gasteiger partial charge in [0.2, 0.25) is 0 Å². The van der Waals surface area contributed by atoms with Crippen molar-refractivity contribution in [2.24, 2.45) is 0 Å². The molecule has 4 aromatic rings. The number of aryl methyl sites for hydroxylation is 2. The van der Waals surface area contributed by atoms with E-state index in [0.29, 0.717) is 5.82 Å². The summed E-state index contributed by atoms with van der Waals surface area (Å²) < 4.78 is 0. The lowest BCUT2D eigenvalue weighted by molar-refractivity contribution is -0.135. The Balaban J connectivity index is 1.75. The highest BCUT2D eigenvalue weighted by molar-refractivity contribution is 5.96.